The summed E-state index contributed by atoms with van der Waals surface area (Å²) in [7, 11) is 0. The van der Waals surface area contributed by atoms with Crippen molar-refractivity contribution in [3.8, 4) is 17.1 Å². The van der Waals surface area contributed by atoms with Crippen molar-refractivity contribution in [2.24, 2.45) is 0 Å². The average Bonchev–Trinajstić information content (AvgIpc) is 3.54. The maximum Gasteiger partial charge on any atom is 0.319 e. The summed E-state index contributed by atoms with van der Waals surface area (Å²) >= 11 is 6.61. The van der Waals surface area contributed by atoms with Crippen LogP contribution in [0, 0.1) is 5.82 Å². The summed E-state index contributed by atoms with van der Waals surface area (Å²) in [6, 6.07) is 14.6. The highest BCUT2D eigenvalue weighted by atomic mass is 35.5. The topological polar surface area (TPSA) is 61.8 Å². The molecule has 228 valence electrons. The van der Waals surface area contributed by atoms with E-state index in [2.05, 4.69) is 16.4 Å². The number of halogens is 3. The van der Waals surface area contributed by atoms with Crippen LogP contribution in [-0.4, -0.2) is 82.8 Å². The van der Waals surface area contributed by atoms with E-state index >= 15 is 4.39 Å². The van der Waals surface area contributed by atoms with Gasteiger partial charge in [-0.1, -0.05) is 48.5 Å². The first kappa shape index (κ1) is 28.9. The van der Waals surface area contributed by atoms with E-state index in [0.717, 1.165) is 30.2 Å². The zero-order valence-electron chi connectivity index (χ0n) is 24.6. The van der Waals surface area contributed by atoms with Gasteiger partial charge in [-0.2, -0.15) is 9.97 Å². The van der Waals surface area contributed by atoms with Crippen LogP contribution in [0.4, 0.5) is 14.6 Å². The normalized spacial score (nSPS) is 23.8. The second-order valence-electron chi connectivity index (χ2n) is 12.2. The van der Waals surface area contributed by atoms with Crippen molar-refractivity contribution in [1.82, 2.24) is 19.8 Å². The first-order valence-electron chi connectivity index (χ1n) is 15.2. The first-order valence-corrected chi connectivity index (χ1v) is 15.5. The fourth-order valence-corrected chi connectivity index (χ4v) is 7.65. The van der Waals surface area contributed by atoms with Gasteiger partial charge in [-0.3, -0.25) is 9.69 Å². The molecule has 3 saturated heterocycles. The number of rotatable bonds is 6. The molecule has 10 heteroatoms. The van der Waals surface area contributed by atoms with Gasteiger partial charge in [-0.15, -0.1) is 0 Å². The lowest BCUT2D eigenvalue weighted by Crippen LogP contribution is -2.53. The molecular formula is C34H34ClF2N5O2. The Labute approximate surface area is 260 Å². The van der Waals surface area contributed by atoms with Gasteiger partial charge in [0.2, 0.25) is 5.91 Å². The van der Waals surface area contributed by atoms with Crippen LogP contribution in [0.15, 0.2) is 61.2 Å². The minimum atomic E-state index is -0.875. The van der Waals surface area contributed by atoms with Crippen LogP contribution in [0.25, 0.3) is 32.8 Å². The van der Waals surface area contributed by atoms with Crippen molar-refractivity contribution in [2.45, 2.75) is 43.9 Å². The minimum absolute atomic E-state index is 0.107. The van der Waals surface area contributed by atoms with Gasteiger partial charge in [-0.25, -0.2) is 8.78 Å². The van der Waals surface area contributed by atoms with E-state index in [1.54, 1.807) is 17.0 Å². The van der Waals surface area contributed by atoms with Crippen molar-refractivity contribution >= 4 is 45.0 Å². The van der Waals surface area contributed by atoms with Gasteiger partial charge in [0.1, 0.15) is 24.4 Å². The Bertz CT molecular complexity index is 1780. The number of anilines is 1. The SMILES string of the molecule is C=CC(=O)N1CCN(c2nc(OC[C@@]34CCCN3C[C@H](F)C4)nc3cc(-c4cccc5cccc(Cl)c45)c(F)cc23)[C@@H](C)C1. The molecule has 0 saturated carbocycles. The second-order valence-corrected chi connectivity index (χ2v) is 12.6. The number of amides is 1. The van der Waals surface area contributed by atoms with E-state index in [-0.39, 0.29) is 30.1 Å². The van der Waals surface area contributed by atoms with Crippen LogP contribution in [0.5, 0.6) is 6.01 Å². The van der Waals surface area contributed by atoms with Crippen LogP contribution in [-0.2, 0) is 4.79 Å². The molecule has 0 radical (unpaired) electrons. The Kier molecular flexibility index (Phi) is 7.41. The molecule has 7 nitrogen and oxygen atoms in total. The number of hydrogen-bond donors (Lipinski definition) is 0. The van der Waals surface area contributed by atoms with Crippen LogP contribution < -0.4 is 9.64 Å². The van der Waals surface area contributed by atoms with E-state index in [1.165, 1.54) is 12.1 Å². The Morgan fingerprint density at radius 2 is 1.95 bits per heavy atom. The minimum Gasteiger partial charge on any atom is -0.461 e. The summed E-state index contributed by atoms with van der Waals surface area (Å²) in [6.07, 6.45) is 2.74. The van der Waals surface area contributed by atoms with Crippen LogP contribution in [0.3, 0.4) is 0 Å². The van der Waals surface area contributed by atoms with Crippen LogP contribution in [0.1, 0.15) is 26.2 Å². The van der Waals surface area contributed by atoms with Crippen molar-refractivity contribution in [3.05, 3.63) is 72.0 Å². The molecule has 3 atom stereocenters. The number of nitrogens with zero attached hydrogens (tertiary/aromatic N) is 5. The molecule has 3 fully saturated rings. The van der Waals surface area contributed by atoms with E-state index in [0.29, 0.717) is 65.5 Å². The van der Waals surface area contributed by atoms with E-state index in [9.17, 15) is 9.18 Å². The van der Waals surface area contributed by atoms with Gasteiger partial charge in [0.15, 0.2) is 0 Å². The van der Waals surface area contributed by atoms with E-state index in [4.69, 9.17) is 26.3 Å². The molecular weight excluding hydrogens is 584 g/mol. The van der Waals surface area contributed by atoms with Crippen LogP contribution in [0.2, 0.25) is 5.02 Å². The Morgan fingerprint density at radius 3 is 2.75 bits per heavy atom. The maximum absolute atomic E-state index is 16.1. The molecule has 3 aliphatic rings. The van der Waals surface area contributed by atoms with Gasteiger partial charge in [0, 0.05) is 60.0 Å². The highest BCUT2D eigenvalue weighted by molar-refractivity contribution is 6.36. The Balaban J connectivity index is 1.33. The summed E-state index contributed by atoms with van der Waals surface area (Å²) in [5, 5.41) is 2.75. The number of carbonyl (C=O) groups is 1. The van der Waals surface area contributed by atoms with Gasteiger partial charge in [-0.05, 0) is 61.5 Å². The van der Waals surface area contributed by atoms with E-state index < -0.39 is 12.0 Å². The number of ether oxygens (including phenoxy) is 1. The van der Waals surface area contributed by atoms with Crippen molar-refractivity contribution < 1.29 is 18.3 Å². The van der Waals surface area contributed by atoms with Gasteiger partial charge < -0.3 is 14.5 Å². The van der Waals surface area contributed by atoms with Crippen molar-refractivity contribution in [3.63, 3.8) is 0 Å². The molecule has 44 heavy (non-hydrogen) atoms. The molecule has 0 spiro atoms. The second kappa shape index (κ2) is 11.3. The summed E-state index contributed by atoms with van der Waals surface area (Å²) < 4.78 is 36.9. The average molecular weight is 618 g/mol. The molecule has 7 rings (SSSR count). The molecule has 4 heterocycles. The third-order valence-corrected chi connectivity index (χ3v) is 9.82. The maximum atomic E-state index is 16.1. The number of hydrogen-bond acceptors (Lipinski definition) is 6. The number of fused-ring (bicyclic) bond motifs is 3. The highest BCUT2D eigenvalue weighted by Gasteiger charge is 2.49. The molecule has 1 aromatic heterocycles. The number of benzene rings is 3. The zero-order chi connectivity index (χ0) is 30.6. The van der Waals surface area contributed by atoms with E-state index in [1.807, 2.05) is 37.3 Å². The fourth-order valence-electron chi connectivity index (χ4n) is 7.37. The molecule has 4 aromatic rings. The number of alkyl halides is 1. The van der Waals surface area contributed by atoms with Crippen LogP contribution >= 0.6 is 11.6 Å². The zero-order valence-corrected chi connectivity index (χ0v) is 25.4. The number of aromatic nitrogens is 2. The quantitative estimate of drug-likeness (QED) is 0.233. The summed E-state index contributed by atoms with van der Waals surface area (Å²) in [6.45, 7) is 8.63. The molecule has 0 unspecified atom stereocenters. The smallest absolute Gasteiger partial charge is 0.319 e. The van der Waals surface area contributed by atoms with Crippen molar-refractivity contribution in [2.75, 3.05) is 44.2 Å². The molecule has 3 aliphatic heterocycles. The van der Waals surface area contributed by atoms with Gasteiger partial charge in [0.25, 0.3) is 0 Å². The third-order valence-electron chi connectivity index (χ3n) is 9.50. The highest BCUT2D eigenvalue weighted by Crippen LogP contribution is 2.41. The summed E-state index contributed by atoms with van der Waals surface area (Å²) in [5.41, 5.74) is 1.20. The molecule has 0 aliphatic carbocycles. The van der Waals surface area contributed by atoms with Gasteiger partial charge >= 0.3 is 6.01 Å². The molecule has 3 aromatic carbocycles. The molecule has 0 bridgehead atoms. The third kappa shape index (κ3) is 4.96. The molecule has 1 amide bonds. The molecule has 0 N–H and O–H groups in total. The summed E-state index contributed by atoms with van der Waals surface area (Å²) in [5.74, 6) is -0.00206. The Morgan fingerprint density at radius 1 is 1.14 bits per heavy atom. The first-order chi connectivity index (χ1) is 21.3. The predicted octanol–water partition coefficient (Wildman–Crippen LogP) is 6.42. The lowest BCUT2D eigenvalue weighted by atomic mass is 9.95. The lowest BCUT2D eigenvalue weighted by Gasteiger charge is -2.40. The van der Waals surface area contributed by atoms with Crippen molar-refractivity contribution in [1.29, 1.82) is 0 Å². The number of piperazine rings is 1. The predicted molar refractivity (Wildman–Crippen MR) is 170 cm³/mol. The van der Waals surface area contributed by atoms with Gasteiger partial charge in [0.05, 0.1) is 11.1 Å². The lowest BCUT2D eigenvalue weighted by molar-refractivity contribution is -0.126. The largest absolute Gasteiger partial charge is 0.461 e. The fraction of sp³-hybridized carbons (Fsp3) is 0.382. The standard InChI is InChI=1S/C34H34ClF2N5O2/c1-3-30(43)40-13-14-42(21(2)18-40)32-26-15-28(37)25(24-9-4-7-22-8-5-10-27(35)31(22)24)16-29(26)38-33(39-32)44-20-34-11-6-12-41(34)19-23(36)17-34/h3-5,7-10,15-16,21,23H,1,6,11-14,17-20H2,2H3/t21-,23+,34-/m0/s1. The Hall–Kier alpha value is -3.82. The summed E-state index contributed by atoms with van der Waals surface area (Å²) in [4.78, 5) is 28.0. The monoisotopic (exact) mass is 617 g/mol. The number of carbonyl (C=O) groups excluding carboxylic acids is 1.